The van der Waals surface area contributed by atoms with Crippen molar-refractivity contribution in [1.29, 1.82) is 0 Å². The summed E-state index contributed by atoms with van der Waals surface area (Å²) in [5.41, 5.74) is 5.44. The predicted octanol–water partition coefficient (Wildman–Crippen LogP) is 4.04. The van der Waals surface area contributed by atoms with Crippen molar-refractivity contribution in [3.8, 4) is 0 Å². The van der Waals surface area contributed by atoms with Gasteiger partial charge in [-0.25, -0.2) is 4.98 Å². The summed E-state index contributed by atoms with van der Waals surface area (Å²) in [7, 11) is 4.35. The molecule has 0 radical (unpaired) electrons. The highest BCUT2D eigenvalue weighted by Gasteiger charge is 2.29. The highest BCUT2D eigenvalue weighted by molar-refractivity contribution is 5.55. The highest BCUT2D eigenvalue weighted by atomic mass is 16.3. The number of imidazole rings is 1. The van der Waals surface area contributed by atoms with Crippen molar-refractivity contribution < 1.29 is 5.11 Å². The molecule has 0 spiro atoms. The molecule has 3 aromatic rings. The van der Waals surface area contributed by atoms with Gasteiger partial charge in [-0.3, -0.25) is 14.3 Å². The number of piperidine rings is 1. The zero-order chi connectivity index (χ0) is 24.4. The lowest BCUT2D eigenvalue weighted by Crippen LogP contribution is -2.42. The Labute approximate surface area is 209 Å². The molecule has 7 nitrogen and oxygen atoms in total. The molecule has 2 aliphatic rings. The molecule has 0 bridgehead atoms. The Hall–Kier alpha value is -2.48. The van der Waals surface area contributed by atoms with Crippen LogP contribution in [0.25, 0.3) is 5.65 Å². The van der Waals surface area contributed by atoms with Gasteiger partial charge in [0.05, 0.1) is 29.7 Å². The number of hydrogen-bond donors (Lipinski definition) is 1. The molecule has 1 N–H and O–H groups in total. The van der Waals surface area contributed by atoms with Crippen LogP contribution in [0.1, 0.15) is 67.7 Å². The molecule has 1 aliphatic heterocycles. The molecule has 5 rings (SSSR count). The molecule has 1 saturated heterocycles. The molecule has 1 fully saturated rings. The van der Waals surface area contributed by atoms with E-state index in [1.165, 1.54) is 17.7 Å². The average Bonchev–Trinajstić information content (AvgIpc) is 3.25. The third-order valence-electron chi connectivity index (χ3n) is 7.94. The van der Waals surface area contributed by atoms with E-state index >= 15 is 0 Å². The number of anilines is 1. The summed E-state index contributed by atoms with van der Waals surface area (Å²) in [5, 5.41) is 10.5. The fourth-order valence-corrected chi connectivity index (χ4v) is 6.09. The second-order valence-electron chi connectivity index (χ2n) is 10.3. The summed E-state index contributed by atoms with van der Waals surface area (Å²) in [6.45, 7) is 5.99. The third kappa shape index (κ3) is 4.82. The predicted molar refractivity (Wildman–Crippen MR) is 141 cm³/mol. The van der Waals surface area contributed by atoms with Gasteiger partial charge < -0.3 is 14.9 Å². The van der Waals surface area contributed by atoms with Gasteiger partial charge in [0.1, 0.15) is 11.5 Å². The third-order valence-corrected chi connectivity index (χ3v) is 7.94. The Balaban J connectivity index is 1.46. The van der Waals surface area contributed by atoms with E-state index in [-0.39, 0.29) is 6.61 Å². The lowest BCUT2D eigenvalue weighted by molar-refractivity contribution is 0.162. The SMILES string of the molecule is CCCN(Cc1nc2cccc(N3CCC(N(C)C)CC3)n2c1CO)[C@H]1CCCc2cccnc21. The first-order valence-electron chi connectivity index (χ1n) is 13.3. The second kappa shape index (κ2) is 10.6. The maximum atomic E-state index is 10.5. The lowest BCUT2D eigenvalue weighted by atomic mass is 9.90. The van der Waals surface area contributed by atoms with Gasteiger partial charge in [-0.1, -0.05) is 19.1 Å². The first-order chi connectivity index (χ1) is 17.1. The molecule has 0 saturated carbocycles. The van der Waals surface area contributed by atoms with Crippen LogP contribution in [0, 0.1) is 0 Å². The summed E-state index contributed by atoms with van der Waals surface area (Å²) in [5.74, 6) is 1.15. The highest BCUT2D eigenvalue weighted by Crippen LogP contribution is 2.34. The standard InChI is InChI=1S/C28H40N6O/c1-4-16-33(24-10-5-8-21-9-7-15-29-28(21)24)19-23-25(20-35)34-26(30-23)11-6-12-27(34)32-17-13-22(14-18-32)31(2)3/h6-7,9,11-12,15,22,24,35H,4-5,8,10,13-14,16-20H2,1-3H3/t24-/m0/s1. The second-order valence-corrected chi connectivity index (χ2v) is 10.3. The van der Waals surface area contributed by atoms with E-state index in [1.54, 1.807) is 0 Å². The van der Waals surface area contributed by atoms with Crippen LogP contribution in [0.4, 0.5) is 5.82 Å². The Kier molecular flexibility index (Phi) is 7.37. The van der Waals surface area contributed by atoms with Crippen molar-refractivity contribution in [3.63, 3.8) is 0 Å². The maximum Gasteiger partial charge on any atom is 0.138 e. The van der Waals surface area contributed by atoms with Crippen molar-refractivity contribution >= 4 is 11.5 Å². The Bertz CT molecular complexity index is 1130. The quantitative estimate of drug-likeness (QED) is 0.530. The van der Waals surface area contributed by atoms with E-state index < -0.39 is 0 Å². The van der Waals surface area contributed by atoms with E-state index in [1.807, 2.05) is 6.20 Å². The van der Waals surface area contributed by atoms with Crippen LogP contribution >= 0.6 is 0 Å². The van der Waals surface area contributed by atoms with Crippen LogP contribution in [-0.2, 0) is 19.6 Å². The van der Waals surface area contributed by atoms with Gasteiger partial charge in [-0.05, 0) is 82.9 Å². The summed E-state index contributed by atoms with van der Waals surface area (Å²) in [4.78, 5) is 17.2. The summed E-state index contributed by atoms with van der Waals surface area (Å²) in [6, 6.07) is 11.6. The number of hydrogen-bond acceptors (Lipinski definition) is 6. The number of fused-ring (bicyclic) bond motifs is 2. The zero-order valence-electron chi connectivity index (χ0n) is 21.5. The monoisotopic (exact) mass is 476 g/mol. The van der Waals surface area contributed by atoms with Crippen molar-refractivity contribution in [2.75, 3.05) is 38.6 Å². The van der Waals surface area contributed by atoms with Gasteiger partial charge in [0.15, 0.2) is 0 Å². The molecular weight excluding hydrogens is 436 g/mol. The first-order valence-corrected chi connectivity index (χ1v) is 13.3. The number of pyridine rings is 2. The largest absolute Gasteiger partial charge is 0.390 e. The van der Waals surface area contributed by atoms with E-state index in [4.69, 9.17) is 9.97 Å². The Morgan fingerprint density at radius 1 is 1.09 bits per heavy atom. The molecular formula is C28H40N6O. The van der Waals surface area contributed by atoms with Gasteiger partial charge in [-0.2, -0.15) is 0 Å². The molecule has 0 aromatic carbocycles. The first kappa shape index (κ1) is 24.2. The molecule has 0 unspecified atom stereocenters. The number of aliphatic hydroxyl groups is 1. The lowest BCUT2D eigenvalue weighted by Gasteiger charge is -2.36. The van der Waals surface area contributed by atoms with Crippen molar-refractivity contribution in [3.05, 3.63) is 59.2 Å². The maximum absolute atomic E-state index is 10.5. The number of aryl methyl sites for hydroxylation is 1. The van der Waals surface area contributed by atoms with Gasteiger partial charge in [0.2, 0.25) is 0 Å². The topological polar surface area (TPSA) is 60.1 Å². The van der Waals surface area contributed by atoms with E-state index in [2.05, 4.69) is 70.5 Å². The number of aromatic nitrogens is 3. The van der Waals surface area contributed by atoms with Gasteiger partial charge in [-0.15, -0.1) is 0 Å². The van der Waals surface area contributed by atoms with Crippen LogP contribution in [0.3, 0.4) is 0 Å². The molecule has 7 heteroatoms. The molecule has 35 heavy (non-hydrogen) atoms. The molecule has 1 atom stereocenters. The summed E-state index contributed by atoms with van der Waals surface area (Å²) >= 11 is 0. The van der Waals surface area contributed by atoms with E-state index in [9.17, 15) is 5.11 Å². The van der Waals surface area contributed by atoms with Crippen LogP contribution < -0.4 is 4.90 Å². The van der Waals surface area contributed by atoms with Crippen LogP contribution in [0.5, 0.6) is 0 Å². The zero-order valence-corrected chi connectivity index (χ0v) is 21.5. The normalized spacial score (nSPS) is 19.1. The Morgan fingerprint density at radius 3 is 2.66 bits per heavy atom. The van der Waals surface area contributed by atoms with Gasteiger partial charge in [0.25, 0.3) is 0 Å². The summed E-state index contributed by atoms with van der Waals surface area (Å²) < 4.78 is 2.20. The number of aliphatic hydroxyl groups excluding tert-OH is 1. The minimum atomic E-state index is -0.0128. The minimum absolute atomic E-state index is 0.0128. The van der Waals surface area contributed by atoms with E-state index in [0.717, 1.165) is 81.1 Å². The molecule has 4 heterocycles. The number of rotatable bonds is 8. The smallest absolute Gasteiger partial charge is 0.138 e. The molecule has 3 aromatic heterocycles. The van der Waals surface area contributed by atoms with Crippen LogP contribution in [0.15, 0.2) is 36.5 Å². The number of nitrogens with zero attached hydrogens (tertiary/aromatic N) is 6. The van der Waals surface area contributed by atoms with Crippen molar-refractivity contribution in [1.82, 2.24) is 24.2 Å². The molecule has 188 valence electrons. The molecule has 1 aliphatic carbocycles. The van der Waals surface area contributed by atoms with Crippen molar-refractivity contribution in [2.45, 2.75) is 70.7 Å². The average molecular weight is 477 g/mol. The fraction of sp³-hybridized carbons (Fsp3) is 0.571. The van der Waals surface area contributed by atoms with Gasteiger partial charge >= 0.3 is 0 Å². The Morgan fingerprint density at radius 2 is 1.91 bits per heavy atom. The fourth-order valence-electron chi connectivity index (χ4n) is 6.09. The summed E-state index contributed by atoms with van der Waals surface area (Å²) in [6.07, 6.45) is 8.73. The van der Waals surface area contributed by atoms with Crippen molar-refractivity contribution in [2.24, 2.45) is 0 Å². The van der Waals surface area contributed by atoms with E-state index in [0.29, 0.717) is 12.1 Å². The molecule has 0 amide bonds. The van der Waals surface area contributed by atoms with Gasteiger partial charge in [0, 0.05) is 31.9 Å². The van der Waals surface area contributed by atoms with Crippen LogP contribution in [0.2, 0.25) is 0 Å². The minimum Gasteiger partial charge on any atom is -0.390 e. The van der Waals surface area contributed by atoms with Crippen LogP contribution in [-0.4, -0.2) is 69.0 Å².